The van der Waals surface area contributed by atoms with Gasteiger partial charge in [0.15, 0.2) is 0 Å². The summed E-state index contributed by atoms with van der Waals surface area (Å²) < 4.78 is 37.0. The second kappa shape index (κ2) is 6.56. The van der Waals surface area contributed by atoms with E-state index in [9.17, 15) is 18.0 Å². The van der Waals surface area contributed by atoms with Gasteiger partial charge >= 0.3 is 6.18 Å². The van der Waals surface area contributed by atoms with Crippen molar-refractivity contribution in [2.45, 2.75) is 19.5 Å². The summed E-state index contributed by atoms with van der Waals surface area (Å²) in [5, 5.41) is 0. The minimum Gasteiger partial charge on any atom is -0.332 e. The van der Waals surface area contributed by atoms with Crippen LogP contribution < -0.4 is 5.73 Å². The molecule has 0 radical (unpaired) electrons. The van der Waals surface area contributed by atoms with Gasteiger partial charge in [-0.2, -0.15) is 13.2 Å². The van der Waals surface area contributed by atoms with Gasteiger partial charge in [0.25, 0.3) is 0 Å². The highest BCUT2D eigenvalue weighted by Gasteiger charge is 2.32. The third-order valence-corrected chi connectivity index (χ3v) is 2.69. The zero-order valence-electron chi connectivity index (χ0n) is 10.7. The molecule has 19 heavy (non-hydrogen) atoms. The first-order valence-corrected chi connectivity index (χ1v) is 5.92. The molecule has 0 spiro atoms. The lowest BCUT2D eigenvalue weighted by molar-refractivity contribution is -0.160. The van der Waals surface area contributed by atoms with E-state index in [1.165, 1.54) is 0 Å². The van der Waals surface area contributed by atoms with E-state index < -0.39 is 25.2 Å². The molecule has 0 fully saturated rings. The molecule has 0 aliphatic carbocycles. The topological polar surface area (TPSA) is 46.3 Å². The predicted molar refractivity (Wildman–Crippen MR) is 66.6 cm³/mol. The average molecular weight is 274 g/mol. The number of halogens is 3. The molecule has 0 saturated heterocycles. The molecule has 106 valence electrons. The summed E-state index contributed by atoms with van der Waals surface area (Å²) in [6, 6.07) is 7.45. The van der Waals surface area contributed by atoms with Crippen molar-refractivity contribution in [3.05, 3.63) is 35.4 Å². The first-order chi connectivity index (χ1) is 8.81. The summed E-state index contributed by atoms with van der Waals surface area (Å²) in [5.74, 6) is -0.690. The second-order valence-electron chi connectivity index (χ2n) is 4.37. The maximum atomic E-state index is 12.3. The quantitative estimate of drug-likeness (QED) is 0.891. The Hall–Kier alpha value is -1.56. The number of carbonyl (C=O) groups is 1. The zero-order chi connectivity index (χ0) is 14.5. The molecule has 0 heterocycles. The fraction of sp³-hybridized carbons (Fsp3) is 0.462. The molecule has 0 aliphatic heterocycles. The van der Waals surface area contributed by atoms with Crippen LogP contribution in [0, 0.1) is 6.92 Å². The third-order valence-electron chi connectivity index (χ3n) is 2.69. The molecule has 0 aliphatic rings. The summed E-state index contributed by atoms with van der Waals surface area (Å²) in [5.41, 5.74) is 7.09. The summed E-state index contributed by atoms with van der Waals surface area (Å²) in [4.78, 5) is 12.1. The Morgan fingerprint density at radius 3 is 2.32 bits per heavy atom. The molecule has 6 heteroatoms. The standard InChI is InChI=1S/C13H17F3N2O/c1-10-2-4-11(5-3-10)6-7-18(12(19)8-17)9-13(14,15)16/h2-5H,6-9,17H2,1H3. The van der Waals surface area contributed by atoms with Gasteiger partial charge in [-0.15, -0.1) is 0 Å². The second-order valence-corrected chi connectivity index (χ2v) is 4.37. The van der Waals surface area contributed by atoms with Crippen molar-refractivity contribution in [2.24, 2.45) is 5.73 Å². The lowest BCUT2D eigenvalue weighted by Gasteiger charge is -2.23. The van der Waals surface area contributed by atoms with Gasteiger partial charge in [-0.1, -0.05) is 29.8 Å². The highest BCUT2D eigenvalue weighted by Crippen LogP contribution is 2.17. The number of aryl methyl sites for hydroxylation is 1. The van der Waals surface area contributed by atoms with Crippen LogP contribution in [0.5, 0.6) is 0 Å². The molecular formula is C13H17F3N2O. The number of carbonyl (C=O) groups excluding carboxylic acids is 1. The number of amides is 1. The molecule has 3 nitrogen and oxygen atoms in total. The predicted octanol–water partition coefficient (Wildman–Crippen LogP) is 1.89. The van der Waals surface area contributed by atoms with Gasteiger partial charge in [0.1, 0.15) is 6.54 Å². The Labute approximate surface area is 110 Å². The van der Waals surface area contributed by atoms with E-state index in [0.717, 1.165) is 16.0 Å². The molecular weight excluding hydrogens is 257 g/mol. The average Bonchev–Trinajstić information content (AvgIpc) is 2.34. The fourth-order valence-electron chi connectivity index (χ4n) is 1.66. The van der Waals surface area contributed by atoms with E-state index in [4.69, 9.17) is 5.73 Å². The van der Waals surface area contributed by atoms with E-state index in [-0.39, 0.29) is 6.54 Å². The van der Waals surface area contributed by atoms with Gasteiger partial charge < -0.3 is 10.6 Å². The minimum absolute atomic E-state index is 0.0125. The number of benzene rings is 1. The van der Waals surface area contributed by atoms with Gasteiger partial charge in [-0.25, -0.2) is 0 Å². The van der Waals surface area contributed by atoms with Gasteiger partial charge in [-0.3, -0.25) is 4.79 Å². The Bertz CT molecular complexity index is 415. The first kappa shape index (κ1) is 15.5. The van der Waals surface area contributed by atoms with Crippen molar-refractivity contribution in [2.75, 3.05) is 19.6 Å². The van der Waals surface area contributed by atoms with E-state index in [0.29, 0.717) is 6.42 Å². The molecule has 0 bridgehead atoms. The molecule has 0 saturated carbocycles. The molecule has 0 unspecified atom stereocenters. The van der Waals surface area contributed by atoms with Crippen molar-refractivity contribution >= 4 is 5.91 Å². The van der Waals surface area contributed by atoms with Crippen LogP contribution in [0.1, 0.15) is 11.1 Å². The van der Waals surface area contributed by atoms with Crippen LogP contribution in [0.4, 0.5) is 13.2 Å². The van der Waals surface area contributed by atoms with Crippen LogP contribution in [0.2, 0.25) is 0 Å². The van der Waals surface area contributed by atoms with Gasteiger partial charge in [0, 0.05) is 6.54 Å². The minimum atomic E-state index is -4.40. The van der Waals surface area contributed by atoms with E-state index >= 15 is 0 Å². The van der Waals surface area contributed by atoms with E-state index in [1.807, 2.05) is 31.2 Å². The number of nitrogens with zero attached hydrogens (tertiary/aromatic N) is 1. The summed E-state index contributed by atoms with van der Waals surface area (Å²) >= 11 is 0. The fourth-order valence-corrected chi connectivity index (χ4v) is 1.66. The van der Waals surface area contributed by atoms with Crippen LogP contribution in [0.15, 0.2) is 24.3 Å². The number of hydrogen-bond acceptors (Lipinski definition) is 2. The Balaban J connectivity index is 2.62. The Morgan fingerprint density at radius 1 is 1.26 bits per heavy atom. The number of rotatable bonds is 5. The first-order valence-electron chi connectivity index (χ1n) is 5.92. The van der Waals surface area contributed by atoms with Crippen molar-refractivity contribution in [1.29, 1.82) is 0 Å². The zero-order valence-corrected chi connectivity index (χ0v) is 10.7. The molecule has 1 amide bonds. The van der Waals surface area contributed by atoms with E-state index in [2.05, 4.69) is 0 Å². The highest BCUT2D eigenvalue weighted by atomic mass is 19.4. The molecule has 0 aromatic heterocycles. The Morgan fingerprint density at radius 2 is 1.84 bits per heavy atom. The summed E-state index contributed by atoms with van der Waals surface area (Å²) in [7, 11) is 0. The molecule has 1 rings (SSSR count). The molecule has 0 atom stereocenters. The highest BCUT2D eigenvalue weighted by molar-refractivity contribution is 5.78. The van der Waals surface area contributed by atoms with Crippen LogP contribution in [-0.2, 0) is 11.2 Å². The molecule has 2 N–H and O–H groups in total. The monoisotopic (exact) mass is 274 g/mol. The van der Waals surface area contributed by atoms with Gasteiger partial charge in [-0.05, 0) is 18.9 Å². The van der Waals surface area contributed by atoms with Crippen molar-refractivity contribution in [3.63, 3.8) is 0 Å². The summed E-state index contributed by atoms with van der Waals surface area (Å²) in [6.07, 6.45) is -4.03. The van der Waals surface area contributed by atoms with Crippen LogP contribution in [0.25, 0.3) is 0 Å². The lowest BCUT2D eigenvalue weighted by Crippen LogP contribution is -2.43. The van der Waals surface area contributed by atoms with Crippen molar-refractivity contribution in [1.82, 2.24) is 4.90 Å². The van der Waals surface area contributed by atoms with Crippen molar-refractivity contribution < 1.29 is 18.0 Å². The van der Waals surface area contributed by atoms with Gasteiger partial charge in [0.2, 0.25) is 5.91 Å². The van der Waals surface area contributed by atoms with Crippen LogP contribution in [0.3, 0.4) is 0 Å². The van der Waals surface area contributed by atoms with E-state index in [1.54, 1.807) is 0 Å². The maximum absolute atomic E-state index is 12.3. The van der Waals surface area contributed by atoms with Crippen LogP contribution >= 0.6 is 0 Å². The molecule has 1 aromatic rings. The molecule has 1 aromatic carbocycles. The van der Waals surface area contributed by atoms with Crippen molar-refractivity contribution in [3.8, 4) is 0 Å². The summed E-state index contributed by atoms with van der Waals surface area (Å²) in [6.45, 7) is 0.273. The largest absolute Gasteiger partial charge is 0.406 e. The number of alkyl halides is 3. The Kier molecular flexibility index (Phi) is 5.35. The number of hydrogen-bond donors (Lipinski definition) is 1. The van der Waals surface area contributed by atoms with Gasteiger partial charge in [0.05, 0.1) is 6.54 Å². The van der Waals surface area contributed by atoms with Crippen LogP contribution in [-0.4, -0.2) is 36.6 Å². The normalized spacial score (nSPS) is 11.4. The smallest absolute Gasteiger partial charge is 0.332 e. The number of nitrogens with two attached hydrogens (primary N) is 1. The maximum Gasteiger partial charge on any atom is 0.406 e. The SMILES string of the molecule is Cc1ccc(CCN(CC(F)(F)F)C(=O)CN)cc1. The lowest BCUT2D eigenvalue weighted by atomic mass is 10.1. The third kappa shape index (κ3) is 5.74.